The SMILES string of the molecule is C=CCOC(=O)c1sc(N2C(=O)C(=O)/C(=C(/O)c3ccc4c(c3)C[C@H](C)O4)[C@H]2c2ccc(OC)cc2)nc1C. The highest BCUT2D eigenvalue weighted by molar-refractivity contribution is 7.17. The first-order valence-electron chi connectivity index (χ1n) is 12.2. The maximum absolute atomic E-state index is 13.5. The lowest BCUT2D eigenvalue weighted by Crippen LogP contribution is -2.29. The number of anilines is 1. The monoisotopic (exact) mass is 546 g/mol. The molecule has 39 heavy (non-hydrogen) atoms. The molecule has 3 aromatic rings. The van der Waals surface area contributed by atoms with Crippen LogP contribution in [0.25, 0.3) is 5.76 Å². The number of fused-ring (bicyclic) bond motifs is 1. The van der Waals surface area contributed by atoms with Gasteiger partial charge < -0.3 is 19.3 Å². The molecule has 0 spiro atoms. The number of hydrogen-bond acceptors (Lipinski definition) is 9. The minimum Gasteiger partial charge on any atom is -0.507 e. The average molecular weight is 547 g/mol. The van der Waals surface area contributed by atoms with Crippen LogP contribution in [0.15, 0.2) is 60.7 Å². The summed E-state index contributed by atoms with van der Waals surface area (Å²) in [5, 5.41) is 11.6. The van der Waals surface area contributed by atoms with Crippen molar-refractivity contribution < 1.29 is 33.7 Å². The predicted octanol–water partition coefficient (Wildman–Crippen LogP) is 4.75. The number of aliphatic hydroxyl groups is 1. The smallest absolute Gasteiger partial charge is 0.350 e. The van der Waals surface area contributed by atoms with Gasteiger partial charge >= 0.3 is 11.9 Å². The van der Waals surface area contributed by atoms with Gasteiger partial charge in [0.15, 0.2) is 5.13 Å². The molecule has 0 radical (unpaired) electrons. The van der Waals surface area contributed by atoms with Gasteiger partial charge in [-0.05, 0) is 55.3 Å². The molecule has 2 atom stereocenters. The number of benzene rings is 2. The van der Waals surface area contributed by atoms with Crippen molar-refractivity contribution in [1.29, 1.82) is 0 Å². The van der Waals surface area contributed by atoms with E-state index in [9.17, 15) is 19.5 Å². The van der Waals surface area contributed by atoms with E-state index in [0.29, 0.717) is 29.0 Å². The van der Waals surface area contributed by atoms with E-state index in [-0.39, 0.29) is 34.1 Å². The van der Waals surface area contributed by atoms with Crippen LogP contribution in [0.3, 0.4) is 0 Å². The van der Waals surface area contributed by atoms with E-state index in [2.05, 4.69) is 11.6 Å². The number of aromatic nitrogens is 1. The Bertz CT molecular complexity index is 1520. The maximum atomic E-state index is 13.5. The van der Waals surface area contributed by atoms with Crippen molar-refractivity contribution in [2.24, 2.45) is 0 Å². The number of ether oxygens (including phenoxy) is 3. The fraction of sp³-hybridized carbons (Fsp3) is 0.241. The lowest BCUT2D eigenvalue weighted by Gasteiger charge is -2.23. The molecule has 1 N–H and O–H groups in total. The first kappa shape index (κ1) is 26.2. The van der Waals surface area contributed by atoms with Crippen LogP contribution in [-0.2, 0) is 20.7 Å². The number of ketones is 1. The molecular formula is C29H26N2O7S. The molecule has 1 fully saturated rings. The molecule has 2 aliphatic heterocycles. The Hall–Kier alpha value is -4.44. The molecule has 200 valence electrons. The number of hydrogen-bond donors (Lipinski definition) is 1. The minimum absolute atomic E-state index is 0.00258. The first-order valence-corrected chi connectivity index (χ1v) is 13.1. The van der Waals surface area contributed by atoms with Gasteiger partial charge in [-0.2, -0.15) is 0 Å². The molecule has 0 saturated carbocycles. The zero-order chi connectivity index (χ0) is 27.8. The van der Waals surface area contributed by atoms with Crippen molar-refractivity contribution in [3.8, 4) is 11.5 Å². The van der Waals surface area contributed by atoms with Crippen LogP contribution >= 0.6 is 11.3 Å². The molecule has 2 aliphatic rings. The predicted molar refractivity (Wildman–Crippen MR) is 145 cm³/mol. The largest absolute Gasteiger partial charge is 0.507 e. The second kappa shape index (κ2) is 10.4. The third kappa shape index (κ3) is 4.67. The highest BCUT2D eigenvalue weighted by atomic mass is 32.1. The number of esters is 1. The Morgan fingerprint density at radius 1 is 1.26 bits per heavy atom. The second-order valence-electron chi connectivity index (χ2n) is 9.20. The molecule has 2 aromatic carbocycles. The highest BCUT2D eigenvalue weighted by Crippen LogP contribution is 2.44. The number of rotatable bonds is 7. The van der Waals surface area contributed by atoms with E-state index >= 15 is 0 Å². The molecule has 1 amide bonds. The zero-order valence-corrected chi connectivity index (χ0v) is 22.4. The molecule has 3 heterocycles. The quantitative estimate of drug-likeness (QED) is 0.148. The summed E-state index contributed by atoms with van der Waals surface area (Å²) in [6.07, 6.45) is 2.11. The van der Waals surface area contributed by atoms with E-state index in [4.69, 9.17) is 14.2 Å². The summed E-state index contributed by atoms with van der Waals surface area (Å²) in [6, 6.07) is 11.0. The van der Waals surface area contributed by atoms with Crippen molar-refractivity contribution in [2.45, 2.75) is 32.4 Å². The van der Waals surface area contributed by atoms with E-state index < -0.39 is 23.7 Å². The summed E-state index contributed by atoms with van der Waals surface area (Å²) in [5.74, 6) is -1.33. The van der Waals surface area contributed by atoms with Crippen LogP contribution in [0.4, 0.5) is 5.13 Å². The van der Waals surface area contributed by atoms with Gasteiger partial charge in [-0.1, -0.05) is 36.1 Å². The number of carbonyl (C=O) groups is 3. The third-order valence-corrected chi connectivity index (χ3v) is 7.69. The molecule has 0 unspecified atom stereocenters. The van der Waals surface area contributed by atoms with E-state index in [1.807, 2.05) is 6.92 Å². The Labute approximate surface area is 229 Å². The second-order valence-corrected chi connectivity index (χ2v) is 10.2. The number of aliphatic hydroxyl groups excluding tert-OH is 1. The molecule has 10 heteroatoms. The van der Waals surface area contributed by atoms with Gasteiger partial charge in [0, 0.05) is 12.0 Å². The third-order valence-electron chi connectivity index (χ3n) is 6.55. The number of nitrogens with zero attached hydrogens (tertiary/aromatic N) is 2. The standard InChI is InChI=1S/C29H26N2O7S/c1-5-12-37-28(35)26-16(3)30-29(39-26)31-23(17-6-9-20(36-4)10-7-17)22(25(33)27(31)34)24(32)18-8-11-21-19(14-18)13-15(2)38-21/h5-11,14-15,23,32H,1,12-13H2,2-4H3/b24-22+/t15-,23+/m0/s1. The van der Waals surface area contributed by atoms with Crippen molar-refractivity contribution >= 4 is 39.9 Å². The van der Waals surface area contributed by atoms with Gasteiger partial charge in [-0.3, -0.25) is 14.5 Å². The summed E-state index contributed by atoms with van der Waals surface area (Å²) in [5.41, 5.74) is 2.12. The van der Waals surface area contributed by atoms with Gasteiger partial charge in [0.25, 0.3) is 5.78 Å². The maximum Gasteiger partial charge on any atom is 0.350 e. The summed E-state index contributed by atoms with van der Waals surface area (Å²) in [7, 11) is 1.53. The summed E-state index contributed by atoms with van der Waals surface area (Å²) in [4.78, 5) is 45.4. The van der Waals surface area contributed by atoms with Crippen molar-refractivity contribution in [1.82, 2.24) is 4.98 Å². The normalized spacial score (nSPS) is 19.5. The lowest BCUT2D eigenvalue weighted by molar-refractivity contribution is -0.132. The molecular weight excluding hydrogens is 520 g/mol. The van der Waals surface area contributed by atoms with Crippen molar-refractivity contribution in [3.63, 3.8) is 0 Å². The van der Waals surface area contributed by atoms with Crippen LogP contribution in [0.1, 0.15) is 45.0 Å². The Kier molecular flexibility index (Phi) is 6.96. The van der Waals surface area contributed by atoms with E-state index in [1.165, 1.54) is 18.1 Å². The number of methoxy groups -OCH3 is 1. The number of amides is 1. The number of aryl methyl sites for hydroxylation is 1. The van der Waals surface area contributed by atoms with Crippen LogP contribution in [0, 0.1) is 6.92 Å². The Balaban J connectivity index is 1.64. The summed E-state index contributed by atoms with van der Waals surface area (Å²) >= 11 is 0.941. The van der Waals surface area contributed by atoms with Crippen LogP contribution in [0.5, 0.6) is 11.5 Å². The van der Waals surface area contributed by atoms with Gasteiger partial charge in [-0.15, -0.1) is 0 Å². The van der Waals surface area contributed by atoms with Gasteiger partial charge in [0.05, 0.1) is 24.4 Å². The number of thiazole rings is 1. The van der Waals surface area contributed by atoms with Crippen LogP contribution < -0.4 is 14.4 Å². The van der Waals surface area contributed by atoms with Gasteiger partial charge in [-0.25, -0.2) is 9.78 Å². The topological polar surface area (TPSA) is 115 Å². The molecule has 0 aliphatic carbocycles. The van der Waals surface area contributed by atoms with E-state index in [1.54, 1.807) is 49.4 Å². The summed E-state index contributed by atoms with van der Waals surface area (Å²) < 4.78 is 16.2. The number of carbonyl (C=O) groups excluding carboxylic acids is 3. The highest BCUT2D eigenvalue weighted by Gasteiger charge is 2.48. The number of Topliss-reactive ketones (excluding diaryl/α,β-unsaturated/α-hetero) is 1. The molecule has 9 nitrogen and oxygen atoms in total. The van der Waals surface area contributed by atoms with E-state index in [0.717, 1.165) is 22.6 Å². The Morgan fingerprint density at radius 3 is 2.69 bits per heavy atom. The fourth-order valence-corrected chi connectivity index (χ4v) is 5.72. The fourth-order valence-electron chi connectivity index (χ4n) is 4.73. The molecule has 1 aromatic heterocycles. The Morgan fingerprint density at radius 2 is 2.00 bits per heavy atom. The van der Waals surface area contributed by atoms with Gasteiger partial charge in [0.1, 0.15) is 34.8 Å². The van der Waals surface area contributed by atoms with Crippen molar-refractivity contribution in [2.75, 3.05) is 18.6 Å². The first-order chi connectivity index (χ1) is 18.7. The minimum atomic E-state index is -0.998. The van der Waals surface area contributed by atoms with Crippen LogP contribution in [0.2, 0.25) is 0 Å². The zero-order valence-electron chi connectivity index (χ0n) is 21.6. The lowest BCUT2D eigenvalue weighted by atomic mass is 9.94. The molecule has 1 saturated heterocycles. The summed E-state index contributed by atoms with van der Waals surface area (Å²) in [6.45, 7) is 7.13. The van der Waals surface area contributed by atoms with Crippen molar-refractivity contribution in [3.05, 3.63) is 88.0 Å². The van der Waals surface area contributed by atoms with Gasteiger partial charge in [0.2, 0.25) is 0 Å². The molecule has 5 rings (SSSR count). The molecule has 0 bridgehead atoms. The van der Waals surface area contributed by atoms with Crippen LogP contribution in [-0.4, -0.2) is 47.6 Å². The average Bonchev–Trinajstić information content (AvgIpc) is 3.58.